The molecule has 0 aromatic carbocycles. The first-order chi connectivity index (χ1) is 7.57. The second kappa shape index (κ2) is 4.51. The van der Waals surface area contributed by atoms with Crippen LogP contribution in [-0.4, -0.2) is 44.2 Å². The molecule has 0 saturated heterocycles. The zero-order valence-electron chi connectivity index (χ0n) is 10.1. The van der Waals surface area contributed by atoms with Crippen LogP contribution in [0.2, 0.25) is 0 Å². The predicted molar refractivity (Wildman–Crippen MR) is 60.8 cm³/mol. The number of aryl methyl sites for hydroxylation is 1. The maximum atomic E-state index is 10.3. The van der Waals surface area contributed by atoms with Crippen LogP contribution >= 0.6 is 0 Å². The van der Waals surface area contributed by atoms with Gasteiger partial charge in [0.05, 0.1) is 11.3 Å². The van der Waals surface area contributed by atoms with Crippen molar-refractivity contribution in [3.63, 3.8) is 0 Å². The first kappa shape index (κ1) is 11.5. The molecule has 0 atom stereocenters. The molecule has 0 aliphatic heterocycles. The second-order valence-corrected chi connectivity index (χ2v) is 4.99. The molecule has 0 bridgehead atoms. The summed E-state index contributed by atoms with van der Waals surface area (Å²) >= 11 is 0. The van der Waals surface area contributed by atoms with E-state index in [1.807, 2.05) is 20.3 Å². The smallest absolute Gasteiger partial charge is 0.0966 e. The Bertz CT molecular complexity index is 344. The van der Waals surface area contributed by atoms with Crippen molar-refractivity contribution < 1.29 is 5.11 Å². The third kappa shape index (κ3) is 2.80. The van der Waals surface area contributed by atoms with E-state index in [-0.39, 0.29) is 0 Å². The normalized spacial score (nSPS) is 19.5. The molecule has 1 heterocycles. The average Bonchev–Trinajstić information content (AvgIpc) is 2.75. The largest absolute Gasteiger partial charge is 0.389 e. The molecule has 0 spiro atoms. The van der Waals surface area contributed by atoms with Crippen LogP contribution in [0.5, 0.6) is 0 Å². The number of likely N-dealkylation sites (N-methyl/N-ethyl adjacent to an activating group) is 1. The Labute approximate surface area is 96.1 Å². The maximum Gasteiger partial charge on any atom is 0.0966 e. The zero-order chi connectivity index (χ0) is 11.6. The summed E-state index contributed by atoms with van der Waals surface area (Å²) in [6, 6.07) is 0. The van der Waals surface area contributed by atoms with Gasteiger partial charge in [0.1, 0.15) is 0 Å². The molecule has 2 rings (SSSR count). The van der Waals surface area contributed by atoms with Crippen molar-refractivity contribution in [3.05, 3.63) is 11.9 Å². The zero-order valence-corrected chi connectivity index (χ0v) is 10.1. The van der Waals surface area contributed by atoms with Gasteiger partial charge in [-0.1, -0.05) is 18.1 Å². The van der Waals surface area contributed by atoms with Gasteiger partial charge in [-0.3, -0.25) is 9.58 Å². The minimum absolute atomic E-state index is 0.475. The van der Waals surface area contributed by atoms with Gasteiger partial charge >= 0.3 is 0 Å². The molecule has 0 unspecified atom stereocenters. The molecular formula is C11H20N4O. The molecule has 1 fully saturated rings. The highest BCUT2D eigenvalue weighted by molar-refractivity contribution is 4.93. The van der Waals surface area contributed by atoms with E-state index in [2.05, 4.69) is 15.2 Å². The molecular weight excluding hydrogens is 204 g/mol. The first-order valence-corrected chi connectivity index (χ1v) is 5.84. The standard InChI is InChI=1S/C11H20N4O/c1-14(7-10-8-15(2)13-12-10)9-11(16)5-3-4-6-11/h8,16H,3-7,9H2,1-2H3. The summed E-state index contributed by atoms with van der Waals surface area (Å²) in [5.74, 6) is 0. The number of hydrogen-bond acceptors (Lipinski definition) is 4. The summed E-state index contributed by atoms with van der Waals surface area (Å²) in [4.78, 5) is 2.12. The van der Waals surface area contributed by atoms with Gasteiger partial charge < -0.3 is 5.11 Å². The number of aromatic nitrogens is 3. The molecule has 5 heteroatoms. The van der Waals surface area contributed by atoms with E-state index in [0.717, 1.165) is 44.5 Å². The Balaban J connectivity index is 1.86. The summed E-state index contributed by atoms with van der Waals surface area (Å²) in [6.07, 6.45) is 6.07. The molecule has 16 heavy (non-hydrogen) atoms. The monoisotopic (exact) mass is 224 g/mol. The lowest BCUT2D eigenvalue weighted by Crippen LogP contribution is -2.38. The highest BCUT2D eigenvalue weighted by atomic mass is 16.3. The molecule has 1 aromatic rings. The fourth-order valence-corrected chi connectivity index (χ4v) is 2.49. The van der Waals surface area contributed by atoms with Crippen LogP contribution in [-0.2, 0) is 13.6 Å². The molecule has 90 valence electrons. The van der Waals surface area contributed by atoms with E-state index in [1.54, 1.807) is 4.68 Å². The van der Waals surface area contributed by atoms with Crippen molar-refractivity contribution in [2.45, 2.75) is 37.8 Å². The Kier molecular flexibility index (Phi) is 3.25. The molecule has 1 N–H and O–H groups in total. The van der Waals surface area contributed by atoms with E-state index in [1.165, 1.54) is 0 Å². The lowest BCUT2D eigenvalue weighted by atomic mass is 10.0. The highest BCUT2D eigenvalue weighted by Gasteiger charge is 2.32. The molecule has 1 aromatic heterocycles. The van der Waals surface area contributed by atoms with Crippen molar-refractivity contribution in [2.24, 2.45) is 7.05 Å². The first-order valence-electron chi connectivity index (χ1n) is 5.84. The van der Waals surface area contributed by atoms with Crippen LogP contribution in [0.25, 0.3) is 0 Å². The average molecular weight is 224 g/mol. The lowest BCUT2D eigenvalue weighted by Gasteiger charge is -2.27. The van der Waals surface area contributed by atoms with Crippen LogP contribution in [0.1, 0.15) is 31.4 Å². The topological polar surface area (TPSA) is 54.2 Å². The predicted octanol–water partition coefficient (Wildman–Crippen LogP) is 0.552. The Hall–Kier alpha value is -0.940. The summed E-state index contributed by atoms with van der Waals surface area (Å²) in [5.41, 5.74) is 0.475. The summed E-state index contributed by atoms with van der Waals surface area (Å²) < 4.78 is 1.70. The number of nitrogens with zero attached hydrogens (tertiary/aromatic N) is 4. The van der Waals surface area contributed by atoms with Crippen LogP contribution in [0.15, 0.2) is 6.20 Å². The van der Waals surface area contributed by atoms with Crippen LogP contribution in [0, 0.1) is 0 Å². The number of aliphatic hydroxyl groups is 1. The molecule has 0 radical (unpaired) electrons. The second-order valence-electron chi connectivity index (χ2n) is 4.99. The van der Waals surface area contributed by atoms with Gasteiger partial charge in [-0.25, -0.2) is 0 Å². The maximum absolute atomic E-state index is 10.3. The van der Waals surface area contributed by atoms with Gasteiger partial charge in [-0.2, -0.15) is 0 Å². The van der Waals surface area contributed by atoms with Gasteiger partial charge in [0, 0.05) is 26.3 Å². The number of rotatable bonds is 4. The number of hydrogen-bond donors (Lipinski definition) is 1. The highest BCUT2D eigenvalue weighted by Crippen LogP contribution is 2.30. The Morgan fingerprint density at radius 1 is 1.50 bits per heavy atom. The minimum Gasteiger partial charge on any atom is -0.389 e. The molecule has 0 amide bonds. The Morgan fingerprint density at radius 3 is 2.75 bits per heavy atom. The fraction of sp³-hybridized carbons (Fsp3) is 0.818. The van der Waals surface area contributed by atoms with Gasteiger partial charge in [-0.15, -0.1) is 5.10 Å². The van der Waals surface area contributed by atoms with E-state index < -0.39 is 5.60 Å². The van der Waals surface area contributed by atoms with Crippen molar-refractivity contribution in [1.29, 1.82) is 0 Å². The Morgan fingerprint density at radius 2 is 2.19 bits per heavy atom. The van der Waals surface area contributed by atoms with Crippen molar-refractivity contribution in [1.82, 2.24) is 19.9 Å². The van der Waals surface area contributed by atoms with Crippen molar-refractivity contribution in [2.75, 3.05) is 13.6 Å². The van der Waals surface area contributed by atoms with E-state index >= 15 is 0 Å². The lowest BCUT2D eigenvalue weighted by molar-refractivity contribution is 0.0142. The molecule has 1 aliphatic carbocycles. The van der Waals surface area contributed by atoms with Gasteiger partial charge in [-0.05, 0) is 19.9 Å². The molecule has 1 saturated carbocycles. The summed E-state index contributed by atoms with van der Waals surface area (Å²) in [6.45, 7) is 1.47. The third-order valence-electron chi connectivity index (χ3n) is 3.18. The minimum atomic E-state index is -0.475. The van der Waals surface area contributed by atoms with Crippen LogP contribution < -0.4 is 0 Å². The summed E-state index contributed by atoms with van der Waals surface area (Å²) in [7, 11) is 3.88. The molecule has 1 aliphatic rings. The quantitative estimate of drug-likeness (QED) is 0.811. The van der Waals surface area contributed by atoms with E-state index in [4.69, 9.17) is 0 Å². The SMILES string of the molecule is CN(Cc1cn(C)nn1)CC1(O)CCCC1. The van der Waals surface area contributed by atoms with Gasteiger partial charge in [0.2, 0.25) is 0 Å². The van der Waals surface area contributed by atoms with E-state index in [0.29, 0.717) is 0 Å². The van der Waals surface area contributed by atoms with Crippen LogP contribution in [0.3, 0.4) is 0 Å². The third-order valence-corrected chi connectivity index (χ3v) is 3.18. The van der Waals surface area contributed by atoms with Crippen molar-refractivity contribution >= 4 is 0 Å². The summed E-state index contributed by atoms with van der Waals surface area (Å²) in [5, 5.41) is 18.2. The van der Waals surface area contributed by atoms with Crippen molar-refractivity contribution in [3.8, 4) is 0 Å². The van der Waals surface area contributed by atoms with E-state index in [9.17, 15) is 5.11 Å². The fourth-order valence-electron chi connectivity index (χ4n) is 2.49. The van der Waals surface area contributed by atoms with Gasteiger partial charge in [0.25, 0.3) is 0 Å². The van der Waals surface area contributed by atoms with Crippen LogP contribution in [0.4, 0.5) is 0 Å². The van der Waals surface area contributed by atoms with Gasteiger partial charge in [0.15, 0.2) is 0 Å². The molecule has 5 nitrogen and oxygen atoms in total.